The minimum absolute atomic E-state index is 0.253. The SMILES string of the molecule is CC(=O)Nc1cc(NC(C)=O)cc(C(=O)NCc2ccc(CN3CCCCCC3)cc2)c1. The number of amides is 3. The molecule has 0 bridgehead atoms. The molecule has 1 heterocycles. The first kappa shape index (κ1) is 23.5. The standard InChI is InChI=1S/C25H32N4O3/c1-18(30)27-23-13-22(14-24(15-23)28-19(2)31)25(32)26-16-20-7-9-21(10-8-20)17-29-11-5-3-4-6-12-29/h7-10,13-15H,3-6,11-12,16-17H2,1-2H3,(H,26,32)(H,27,30)(H,28,31). The van der Waals surface area contributed by atoms with E-state index in [4.69, 9.17) is 0 Å². The van der Waals surface area contributed by atoms with E-state index in [9.17, 15) is 14.4 Å². The lowest BCUT2D eigenvalue weighted by atomic mass is 10.1. The van der Waals surface area contributed by atoms with Gasteiger partial charge in [0, 0.05) is 43.9 Å². The molecule has 3 amide bonds. The van der Waals surface area contributed by atoms with Crippen molar-refractivity contribution in [1.82, 2.24) is 10.2 Å². The Morgan fingerprint density at radius 1 is 0.781 bits per heavy atom. The molecule has 2 aromatic rings. The number of nitrogens with zero attached hydrogens (tertiary/aromatic N) is 1. The fourth-order valence-electron chi connectivity index (χ4n) is 3.91. The molecule has 1 aliphatic heterocycles. The van der Waals surface area contributed by atoms with Crippen molar-refractivity contribution in [1.29, 1.82) is 0 Å². The summed E-state index contributed by atoms with van der Waals surface area (Å²) in [6, 6.07) is 13.1. The Morgan fingerprint density at radius 2 is 1.31 bits per heavy atom. The molecule has 0 aliphatic carbocycles. The number of nitrogens with one attached hydrogen (secondary N) is 3. The zero-order valence-corrected chi connectivity index (χ0v) is 18.9. The van der Waals surface area contributed by atoms with Crippen LogP contribution in [-0.4, -0.2) is 35.7 Å². The van der Waals surface area contributed by atoms with Crippen molar-refractivity contribution in [3.05, 3.63) is 59.2 Å². The van der Waals surface area contributed by atoms with Crippen LogP contribution < -0.4 is 16.0 Å². The molecule has 0 spiro atoms. The van der Waals surface area contributed by atoms with Gasteiger partial charge in [-0.3, -0.25) is 19.3 Å². The molecule has 3 rings (SSSR count). The smallest absolute Gasteiger partial charge is 0.251 e. The van der Waals surface area contributed by atoms with E-state index >= 15 is 0 Å². The van der Waals surface area contributed by atoms with E-state index in [1.807, 2.05) is 12.1 Å². The summed E-state index contributed by atoms with van der Waals surface area (Å²) in [6.07, 6.45) is 5.21. The first-order chi connectivity index (χ1) is 15.4. The van der Waals surface area contributed by atoms with Gasteiger partial charge in [0.2, 0.25) is 11.8 Å². The molecule has 7 nitrogen and oxygen atoms in total. The molecule has 0 atom stereocenters. The van der Waals surface area contributed by atoms with E-state index in [1.54, 1.807) is 18.2 Å². The van der Waals surface area contributed by atoms with E-state index in [0.717, 1.165) is 25.2 Å². The third-order valence-corrected chi connectivity index (χ3v) is 5.42. The molecule has 0 radical (unpaired) electrons. The van der Waals surface area contributed by atoms with E-state index in [2.05, 4.69) is 33.0 Å². The lowest BCUT2D eigenvalue weighted by Crippen LogP contribution is -2.24. The van der Waals surface area contributed by atoms with Gasteiger partial charge in [0.05, 0.1) is 0 Å². The van der Waals surface area contributed by atoms with Crippen molar-refractivity contribution in [2.24, 2.45) is 0 Å². The molecule has 3 N–H and O–H groups in total. The summed E-state index contributed by atoms with van der Waals surface area (Å²) in [7, 11) is 0. The van der Waals surface area contributed by atoms with Gasteiger partial charge < -0.3 is 16.0 Å². The number of hydrogen-bond donors (Lipinski definition) is 3. The van der Waals surface area contributed by atoms with Crippen LogP contribution in [0.1, 0.15) is 61.0 Å². The Hall–Kier alpha value is -3.19. The summed E-state index contributed by atoms with van der Waals surface area (Å²) in [6.45, 7) is 6.46. The lowest BCUT2D eigenvalue weighted by Gasteiger charge is -2.19. The first-order valence-corrected chi connectivity index (χ1v) is 11.2. The van der Waals surface area contributed by atoms with E-state index in [0.29, 0.717) is 23.5 Å². The fourth-order valence-corrected chi connectivity index (χ4v) is 3.91. The predicted octanol–water partition coefficient (Wildman–Crippen LogP) is 3.91. The highest BCUT2D eigenvalue weighted by Gasteiger charge is 2.12. The summed E-state index contributed by atoms with van der Waals surface area (Å²) in [5, 5.41) is 8.22. The maximum atomic E-state index is 12.7. The van der Waals surface area contributed by atoms with E-state index < -0.39 is 0 Å². The second-order valence-electron chi connectivity index (χ2n) is 8.35. The van der Waals surface area contributed by atoms with Crippen LogP contribution in [0.4, 0.5) is 11.4 Å². The third kappa shape index (κ3) is 7.50. The molecule has 170 valence electrons. The fraction of sp³-hybridized carbons (Fsp3) is 0.400. The monoisotopic (exact) mass is 436 g/mol. The van der Waals surface area contributed by atoms with Crippen LogP contribution in [-0.2, 0) is 22.7 Å². The van der Waals surface area contributed by atoms with Gasteiger partial charge in [0.25, 0.3) is 5.91 Å². The molecule has 0 saturated carbocycles. The largest absolute Gasteiger partial charge is 0.348 e. The maximum Gasteiger partial charge on any atom is 0.251 e. The van der Waals surface area contributed by atoms with Gasteiger partial charge in [-0.2, -0.15) is 0 Å². The normalized spacial score (nSPS) is 14.3. The number of anilines is 2. The van der Waals surface area contributed by atoms with Crippen LogP contribution in [0, 0.1) is 0 Å². The molecule has 1 saturated heterocycles. The van der Waals surface area contributed by atoms with Crippen LogP contribution in [0.2, 0.25) is 0 Å². The molecular weight excluding hydrogens is 404 g/mol. The predicted molar refractivity (Wildman–Crippen MR) is 126 cm³/mol. The second-order valence-corrected chi connectivity index (χ2v) is 8.35. The quantitative estimate of drug-likeness (QED) is 0.614. The molecule has 7 heteroatoms. The molecule has 1 aliphatic rings. The van der Waals surface area contributed by atoms with Gasteiger partial charge >= 0.3 is 0 Å². The minimum atomic E-state index is -0.280. The summed E-state index contributed by atoms with van der Waals surface area (Å²) in [4.78, 5) is 38.0. The van der Waals surface area contributed by atoms with Crippen molar-refractivity contribution >= 4 is 29.1 Å². The number of benzene rings is 2. The maximum absolute atomic E-state index is 12.7. The number of carbonyl (C=O) groups excluding carboxylic acids is 3. The Kier molecular flexibility index (Phi) is 8.39. The van der Waals surface area contributed by atoms with Crippen molar-refractivity contribution in [2.75, 3.05) is 23.7 Å². The molecular formula is C25H32N4O3. The Bertz CT molecular complexity index is 914. The number of carbonyl (C=O) groups is 3. The van der Waals surface area contributed by atoms with Gasteiger partial charge in [-0.1, -0.05) is 37.1 Å². The average molecular weight is 437 g/mol. The van der Waals surface area contributed by atoms with Gasteiger partial charge in [0.1, 0.15) is 0 Å². The zero-order chi connectivity index (χ0) is 22.9. The summed E-state index contributed by atoms with van der Waals surface area (Å²) in [5.74, 6) is -0.786. The van der Waals surface area contributed by atoms with Gasteiger partial charge in [-0.15, -0.1) is 0 Å². The lowest BCUT2D eigenvalue weighted by molar-refractivity contribution is -0.115. The second kappa shape index (κ2) is 11.4. The van der Waals surface area contributed by atoms with Crippen molar-refractivity contribution < 1.29 is 14.4 Å². The Morgan fingerprint density at radius 3 is 1.84 bits per heavy atom. The van der Waals surface area contributed by atoms with Crippen molar-refractivity contribution in [3.63, 3.8) is 0 Å². The first-order valence-electron chi connectivity index (χ1n) is 11.2. The van der Waals surface area contributed by atoms with Crippen LogP contribution >= 0.6 is 0 Å². The summed E-state index contributed by atoms with van der Waals surface area (Å²) in [5.41, 5.74) is 3.55. The topological polar surface area (TPSA) is 90.5 Å². The van der Waals surface area contributed by atoms with Crippen LogP contribution in [0.3, 0.4) is 0 Å². The number of likely N-dealkylation sites (tertiary alicyclic amines) is 1. The molecule has 2 aromatic carbocycles. The van der Waals surface area contributed by atoms with Gasteiger partial charge in [-0.05, 0) is 55.3 Å². The Balaban J connectivity index is 1.60. The van der Waals surface area contributed by atoms with Gasteiger partial charge in [-0.25, -0.2) is 0 Å². The highest BCUT2D eigenvalue weighted by atomic mass is 16.2. The molecule has 1 fully saturated rings. The molecule has 32 heavy (non-hydrogen) atoms. The van der Waals surface area contributed by atoms with Gasteiger partial charge in [0.15, 0.2) is 0 Å². The summed E-state index contributed by atoms with van der Waals surface area (Å²) >= 11 is 0. The average Bonchev–Trinajstić information content (AvgIpc) is 3.00. The zero-order valence-electron chi connectivity index (χ0n) is 18.9. The third-order valence-electron chi connectivity index (χ3n) is 5.42. The highest BCUT2D eigenvalue weighted by molar-refractivity contribution is 5.99. The Labute approximate surface area is 189 Å². The van der Waals surface area contributed by atoms with Crippen LogP contribution in [0.25, 0.3) is 0 Å². The molecule has 0 aromatic heterocycles. The van der Waals surface area contributed by atoms with Crippen molar-refractivity contribution in [2.45, 2.75) is 52.6 Å². The molecule has 0 unspecified atom stereocenters. The van der Waals surface area contributed by atoms with E-state index in [-0.39, 0.29) is 17.7 Å². The van der Waals surface area contributed by atoms with Crippen LogP contribution in [0.5, 0.6) is 0 Å². The van der Waals surface area contributed by atoms with Crippen molar-refractivity contribution in [3.8, 4) is 0 Å². The van der Waals surface area contributed by atoms with E-state index in [1.165, 1.54) is 45.1 Å². The van der Waals surface area contributed by atoms with Crippen LogP contribution in [0.15, 0.2) is 42.5 Å². The highest BCUT2D eigenvalue weighted by Crippen LogP contribution is 2.20. The summed E-state index contributed by atoms with van der Waals surface area (Å²) < 4.78 is 0. The number of hydrogen-bond acceptors (Lipinski definition) is 4. The minimum Gasteiger partial charge on any atom is -0.348 e. The number of rotatable bonds is 7.